The van der Waals surface area contributed by atoms with Gasteiger partial charge in [0.2, 0.25) is 0 Å². The molecule has 0 bridgehead atoms. The van der Waals surface area contributed by atoms with E-state index >= 15 is 0 Å². The lowest BCUT2D eigenvalue weighted by Gasteiger charge is -2.25. The van der Waals surface area contributed by atoms with Crippen LogP contribution in [0, 0.1) is 18.7 Å². The molecule has 1 saturated carbocycles. The van der Waals surface area contributed by atoms with Crippen LogP contribution in [0.15, 0.2) is 18.2 Å². The van der Waals surface area contributed by atoms with Crippen molar-refractivity contribution >= 4 is 17.5 Å². The number of carbonyl (C=O) groups excluding carboxylic acids is 1. The van der Waals surface area contributed by atoms with E-state index < -0.39 is 0 Å². The van der Waals surface area contributed by atoms with Gasteiger partial charge in [-0.05, 0) is 56.2 Å². The highest BCUT2D eigenvalue weighted by molar-refractivity contribution is 6.20. The van der Waals surface area contributed by atoms with E-state index in [4.69, 9.17) is 11.6 Å². The van der Waals surface area contributed by atoms with Crippen LogP contribution in [0.5, 0.6) is 0 Å². The van der Waals surface area contributed by atoms with Crippen LogP contribution in [-0.4, -0.2) is 17.8 Å². The maximum Gasteiger partial charge on any atom is 0.251 e. The first-order valence-corrected chi connectivity index (χ1v) is 7.18. The number of carbonyl (C=O) groups is 1. The smallest absolute Gasteiger partial charge is 0.251 e. The molecule has 1 aromatic carbocycles. The predicted octanol–water partition coefficient (Wildman–Crippen LogP) is 3.66. The number of hydrogen-bond donors (Lipinski definition) is 1. The third-order valence-corrected chi connectivity index (χ3v) is 4.20. The zero-order valence-electron chi connectivity index (χ0n) is 11.1. The number of benzene rings is 1. The Morgan fingerprint density at radius 2 is 2.05 bits per heavy atom. The summed E-state index contributed by atoms with van der Waals surface area (Å²) >= 11 is 6.04. The summed E-state index contributed by atoms with van der Waals surface area (Å²) < 4.78 is 13.4. The van der Waals surface area contributed by atoms with Crippen LogP contribution in [0.25, 0.3) is 0 Å². The van der Waals surface area contributed by atoms with E-state index in [0.717, 1.165) is 25.7 Å². The molecule has 0 atom stereocenters. The number of amides is 1. The van der Waals surface area contributed by atoms with E-state index in [1.165, 1.54) is 6.07 Å². The predicted molar refractivity (Wildman–Crippen MR) is 75.1 cm³/mol. The lowest BCUT2D eigenvalue weighted by atomic mass is 9.89. The number of rotatable bonds is 3. The van der Waals surface area contributed by atoms with Gasteiger partial charge in [0.1, 0.15) is 5.82 Å². The Morgan fingerprint density at radius 1 is 1.37 bits per heavy atom. The summed E-state index contributed by atoms with van der Waals surface area (Å²) in [4.78, 5) is 11.9. The van der Waals surface area contributed by atoms with Gasteiger partial charge in [-0.15, -0.1) is 11.6 Å². The van der Waals surface area contributed by atoms with Crippen molar-refractivity contribution < 1.29 is 9.18 Å². The summed E-state index contributed by atoms with van der Waals surface area (Å²) in [6.45, 7) is 2.33. The van der Waals surface area contributed by atoms with E-state index in [1.807, 2.05) is 0 Å². The monoisotopic (exact) mass is 283 g/mol. The fraction of sp³-hybridized carbons (Fsp3) is 0.533. The Hall–Kier alpha value is -1.09. The summed E-state index contributed by atoms with van der Waals surface area (Å²) in [5.41, 5.74) is 0.936. The zero-order valence-corrected chi connectivity index (χ0v) is 11.8. The van der Waals surface area contributed by atoms with Crippen LogP contribution in [0.1, 0.15) is 41.6 Å². The first-order valence-electron chi connectivity index (χ1n) is 6.74. The van der Waals surface area contributed by atoms with Crippen LogP contribution in [0.4, 0.5) is 4.39 Å². The minimum Gasteiger partial charge on any atom is -0.352 e. The maximum atomic E-state index is 13.4. The summed E-state index contributed by atoms with van der Waals surface area (Å²) in [5.74, 6) is -0.0450. The minimum atomic E-state index is -0.338. The fourth-order valence-corrected chi connectivity index (χ4v) is 2.65. The average Bonchev–Trinajstić information content (AvgIpc) is 2.41. The van der Waals surface area contributed by atoms with Gasteiger partial charge >= 0.3 is 0 Å². The number of hydrogen-bond acceptors (Lipinski definition) is 1. The normalized spacial score (nSPS) is 23.1. The Bertz CT molecular complexity index is 455. The SMILES string of the molecule is Cc1ccc(C(=O)NCC2CCC(Cl)CC2)cc1F. The highest BCUT2D eigenvalue weighted by Gasteiger charge is 2.20. The van der Waals surface area contributed by atoms with Gasteiger partial charge in [0, 0.05) is 17.5 Å². The van der Waals surface area contributed by atoms with Gasteiger partial charge in [0.25, 0.3) is 5.91 Å². The number of halogens is 2. The molecule has 1 aromatic rings. The molecule has 0 spiro atoms. The van der Waals surface area contributed by atoms with Gasteiger partial charge in [-0.25, -0.2) is 4.39 Å². The quantitative estimate of drug-likeness (QED) is 0.843. The molecule has 2 nitrogen and oxygen atoms in total. The first kappa shape index (κ1) is 14.3. The molecule has 0 heterocycles. The lowest BCUT2D eigenvalue weighted by molar-refractivity contribution is 0.0943. The van der Waals surface area contributed by atoms with E-state index in [2.05, 4.69) is 5.32 Å². The standard InChI is InChI=1S/C15H19ClFNO/c1-10-2-5-12(8-14(10)17)15(19)18-9-11-3-6-13(16)7-4-11/h2,5,8,11,13H,3-4,6-7,9H2,1H3,(H,18,19). The van der Waals surface area contributed by atoms with Crippen molar-refractivity contribution in [2.75, 3.05) is 6.54 Å². The van der Waals surface area contributed by atoms with Crippen LogP contribution in [-0.2, 0) is 0 Å². The Morgan fingerprint density at radius 3 is 2.68 bits per heavy atom. The van der Waals surface area contributed by atoms with Crippen LogP contribution >= 0.6 is 11.6 Å². The number of aryl methyl sites for hydroxylation is 1. The second-order valence-corrected chi connectivity index (χ2v) is 5.91. The molecule has 4 heteroatoms. The van der Waals surface area contributed by atoms with Gasteiger partial charge < -0.3 is 5.32 Å². The number of alkyl halides is 1. The van der Waals surface area contributed by atoms with Gasteiger partial charge in [-0.3, -0.25) is 4.79 Å². The second-order valence-electron chi connectivity index (χ2n) is 5.29. The van der Waals surface area contributed by atoms with Gasteiger partial charge in [-0.2, -0.15) is 0 Å². The molecular formula is C15H19ClFNO. The minimum absolute atomic E-state index is 0.202. The third-order valence-electron chi connectivity index (χ3n) is 3.76. The molecule has 0 aromatic heterocycles. The Labute approximate surface area is 118 Å². The fourth-order valence-electron chi connectivity index (χ4n) is 2.40. The van der Waals surface area contributed by atoms with Crippen LogP contribution in [0.2, 0.25) is 0 Å². The lowest BCUT2D eigenvalue weighted by Crippen LogP contribution is -2.31. The van der Waals surface area contributed by atoms with E-state index in [0.29, 0.717) is 23.6 Å². The highest BCUT2D eigenvalue weighted by Crippen LogP contribution is 2.27. The summed E-state index contributed by atoms with van der Waals surface area (Å²) in [7, 11) is 0. The van der Waals surface area contributed by atoms with Crippen molar-refractivity contribution in [1.82, 2.24) is 5.32 Å². The molecule has 1 fully saturated rings. The molecule has 0 unspecified atom stereocenters. The van der Waals surface area contributed by atoms with Crippen molar-refractivity contribution in [1.29, 1.82) is 0 Å². The second kappa shape index (κ2) is 6.38. The molecule has 0 radical (unpaired) electrons. The molecule has 2 rings (SSSR count). The van der Waals surface area contributed by atoms with Crippen molar-refractivity contribution in [2.24, 2.45) is 5.92 Å². The topological polar surface area (TPSA) is 29.1 Å². The van der Waals surface area contributed by atoms with Crippen molar-refractivity contribution in [3.8, 4) is 0 Å². The summed E-state index contributed by atoms with van der Waals surface area (Å²) in [6, 6.07) is 4.58. The Balaban J connectivity index is 1.85. The van der Waals surface area contributed by atoms with Crippen molar-refractivity contribution in [3.05, 3.63) is 35.1 Å². The Kier molecular flexibility index (Phi) is 4.81. The van der Waals surface area contributed by atoms with Crippen molar-refractivity contribution in [2.45, 2.75) is 38.0 Å². The molecule has 1 aliphatic rings. The number of nitrogens with one attached hydrogen (secondary N) is 1. The van der Waals surface area contributed by atoms with E-state index in [1.54, 1.807) is 19.1 Å². The first-order chi connectivity index (χ1) is 9.06. The largest absolute Gasteiger partial charge is 0.352 e. The summed E-state index contributed by atoms with van der Waals surface area (Å²) in [6.07, 6.45) is 4.13. The van der Waals surface area contributed by atoms with Gasteiger partial charge in [0.05, 0.1) is 0 Å². The van der Waals surface area contributed by atoms with Crippen molar-refractivity contribution in [3.63, 3.8) is 0 Å². The van der Waals surface area contributed by atoms with Gasteiger partial charge in [0.15, 0.2) is 0 Å². The average molecular weight is 284 g/mol. The summed E-state index contributed by atoms with van der Waals surface area (Å²) in [5, 5.41) is 3.17. The van der Waals surface area contributed by atoms with Crippen LogP contribution < -0.4 is 5.32 Å². The maximum absolute atomic E-state index is 13.4. The molecule has 104 valence electrons. The zero-order chi connectivity index (χ0) is 13.8. The molecule has 0 aliphatic heterocycles. The molecule has 1 aliphatic carbocycles. The molecule has 19 heavy (non-hydrogen) atoms. The van der Waals surface area contributed by atoms with Crippen LogP contribution in [0.3, 0.4) is 0 Å². The van der Waals surface area contributed by atoms with E-state index in [9.17, 15) is 9.18 Å². The van der Waals surface area contributed by atoms with E-state index in [-0.39, 0.29) is 17.1 Å². The third kappa shape index (κ3) is 3.93. The molecular weight excluding hydrogens is 265 g/mol. The molecule has 1 N–H and O–H groups in total. The highest BCUT2D eigenvalue weighted by atomic mass is 35.5. The molecule has 0 saturated heterocycles. The van der Waals surface area contributed by atoms with Gasteiger partial charge in [-0.1, -0.05) is 6.07 Å². The molecule has 1 amide bonds.